The van der Waals surface area contributed by atoms with Gasteiger partial charge in [-0.3, -0.25) is 0 Å². The molecule has 3 nitrogen and oxygen atoms in total. The van der Waals surface area contributed by atoms with Gasteiger partial charge in [-0.25, -0.2) is 9.37 Å². The number of nitrogens with zero attached hydrogens (tertiary/aromatic N) is 1. The van der Waals surface area contributed by atoms with Crippen molar-refractivity contribution in [2.24, 2.45) is 0 Å². The van der Waals surface area contributed by atoms with E-state index in [0.29, 0.717) is 10.4 Å². The first kappa shape index (κ1) is 15.9. The third-order valence-electron chi connectivity index (χ3n) is 2.85. The standard InChI is InChI=1S/C16H18BrFN2O/c1-3-6-19-10-12-7-11(2)20-16(8-12)21-15-5-4-13(17)9-14(15)18/h4-5,7-9,19H,3,6,10H2,1-2H3. The van der Waals surface area contributed by atoms with Crippen LogP contribution in [0.1, 0.15) is 24.6 Å². The molecule has 0 unspecified atom stereocenters. The van der Waals surface area contributed by atoms with E-state index in [0.717, 1.165) is 30.8 Å². The summed E-state index contributed by atoms with van der Waals surface area (Å²) in [5.74, 6) is 0.159. The first-order valence-corrected chi connectivity index (χ1v) is 7.69. The minimum atomic E-state index is -0.418. The molecule has 1 N–H and O–H groups in total. The summed E-state index contributed by atoms with van der Waals surface area (Å²) < 4.78 is 20.0. The van der Waals surface area contributed by atoms with E-state index in [1.54, 1.807) is 12.1 Å². The molecule has 0 radical (unpaired) electrons. The summed E-state index contributed by atoms with van der Waals surface area (Å²) in [5.41, 5.74) is 1.92. The van der Waals surface area contributed by atoms with Crippen molar-refractivity contribution in [1.29, 1.82) is 0 Å². The Kier molecular flexibility index (Phi) is 5.70. The van der Waals surface area contributed by atoms with Crippen LogP contribution in [0.15, 0.2) is 34.8 Å². The second-order valence-corrected chi connectivity index (χ2v) is 5.72. The van der Waals surface area contributed by atoms with Crippen molar-refractivity contribution >= 4 is 15.9 Å². The zero-order valence-corrected chi connectivity index (χ0v) is 13.7. The van der Waals surface area contributed by atoms with E-state index in [9.17, 15) is 4.39 Å². The van der Waals surface area contributed by atoms with Crippen molar-refractivity contribution in [1.82, 2.24) is 10.3 Å². The van der Waals surface area contributed by atoms with E-state index < -0.39 is 5.82 Å². The van der Waals surface area contributed by atoms with E-state index in [2.05, 4.69) is 33.2 Å². The van der Waals surface area contributed by atoms with Gasteiger partial charge in [-0.05, 0) is 49.7 Å². The highest BCUT2D eigenvalue weighted by Gasteiger charge is 2.08. The van der Waals surface area contributed by atoms with Crippen molar-refractivity contribution in [3.8, 4) is 11.6 Å². The van der Waals surface area contributed by atoms with Crippen molar-refractivity contribution in [3.63, 3.8) is 0 Å². The molecule has 0 spiro atoms. The lowest BCUT2D eigenvalue weighted by Crippen LogP contribution is -2.14. The first-order chi connectivity index (χ1) is 10.1. The molecule has 0 bridgehead atoms. The fourth-order valence-corrected chi connectivity index (χ4v) is 2.27. The number of pyridine rings is 1. The Morgan fingerprint density at radius 1 is 1.29 bits per heavy atom. The van der Waals surface area contributed by atoms with Crippen LogP contribution in [0.2, 0.25) is 0 Å². The topological polar surface area (TPSA) is 34.2 Å². The van der Waals surface area contributed by atoms with Gasteiger partial charge in [0.15, 0.2) is 11.6 Å². The van der Waals surface area contributed by atoms with Gasteiger partial charge in [0.1, 0.15) is 0 Å². The molecular formula is C16H18BrFN2O. The van der Waals surface area contributed by atoms with Gasteiger partial charge in [0.2, 0.25) is 5.88 Å². The number of aromatic nitrogens is 1. The average molecular weight is 353 g/mol. The molecular weight excluding hydrogens is 335 g/mol. The molecule has 5 heteroatoms. The molecule has 0 amide bonds. The number of halogens is 2. The normalized spacial score (nSPS) is 10.7. The van der Waals surface area contributed by atoms with Gasteiger partial charge >= 0.3 is 0 Å². The lowest BCUT2D eigenvalue weighted by molar-refractivity contribution is 0.425. The summed E-state index contributed by atoms with van der Waals surface area (Å²) >= 11 is 3.22. The molecule has 0 aliphatic heterocycles. The van der Waals surface area contributed by atoms with Crippen LogP contribution in [-0.2, 0) is 6.54 Å². The maximum atomic E-state index is 13.8. The molecule has 112 valence electrons. The Labute approximate surface area is 132 Å². The molecule has 2 rings (SSSR count). The number of rotatable bonds is 6. The van der Waals surface area contributed by atoms with Gasteiger partial charge in [0, 0.05) is 22.8 Å². The maximum absolute atomic E-state index is 13.8. The Balaban J connectivity index is 2.15. The van der Waals surface area contributed by atoms with Gasteiger partial charge in [-0.15, -0.1) is 0 Å². The third-order valence-corrected chi connectivity index (χ3v) is 3.35. The smallest absolute Gasteiger partial charge is 0.219 e. The second kappa shape index (κ2) is 7.52. The molecule has 0 saturated heterocycles. The Bertz CT molecular complexity index is 619. The van der Waals surface area contributed by atoms with Crippen LogP contribution in [0.5, 0.6) is 11.6 Å². The highest BCUT2D eigenvalue weighted by atomic mass is 79.9. The van der Waals surface area contributed by atoms with E-state index in [1.807, 2.05) is 19.1 Å². The summed E-state index contributed by atoms with van der Waals surface area (Å²) in [6.45, 7) is 5.72. The van der Waals surface area contributed by atoms with E-state index in [1.165, 1.54) is 6.07 Å². The predicted molar refractivity (Wildman–Crippen MR) is 85.1 cm³/mol. The Morgan fingerprint density at radius 2 is 2.10 bits per heavy atom. The third kappa shape index (κ3) is 4.79. The molecule has 21 heavy (non-hydrogen) atoms. The van der Waals surface area contributed by atoms with Gasteiger partial charge in [-0.2, -0.15) is 0 Å². The molecule has 1 aromatic carbocycles. The fraction of sp³-hybridized carbons (Fsp3) is 0.312. The van der Waals surface area contributed by atoms with Crippen LogP contribution < -0.4 is 10.1 Å². The predicted octanol–water partition coefficient (Wildman–Crippen LogP) is 4.58. The lowest BCUT2D eigenvalue weighted by atomic mass is 10.2. The summed E-state index contributed by atoms with van der Waals surface area (Å²) in [6, 6.07) is 8.51. The van der Waals surface area contributed by atoms with Gasteiger partial charge in [0.05, 0.1) is 0 Å². The van der Waals surface area contributed by atoms with Crippen LogP contribution in [0.3, 0.4) is 0 Å². The zero-order chi connectivity index (χ0) is 15.2. The quantitative estimate of drug-likeness (QED) is 0.772. The van der Waals surface area contributed by atoms with Gasteiger partial charge in [0.25, 0.3) is 0 Å². The zero-order valence-electron chi connectivity index (χ0n) is 12.1. The number of nitrogens with one attached hydrogen (secondary N) is 1. The van der Waals surface area contributed by atoms with Crippen molar-refractivity contribution < 1.29 is 9.13 Å². The Morgan fingerprint density at radius 3 is 2.81 bits per heavy atom. The van der Waals surface area contributed by atoms with Gasteiger partial charge < -0.3 is 10.1 Å². The largest absolute Gasteiger partial charge is 0.436 e. The number of benzene rings is 1. The lowest BCUT2D eigenvalue weighted by Gasteiger charge is -2.10. The number of aryl methyl sites for hydroxylation is 1. The first-order valence-electron chi connectivity index (χ1n) is 6.89. The molecule has 0 atom stereocenters. The summed E-state index contributed by atoms with van der Waals surface area (Å²) in [4.78, 5) is 4.29. The highest BCUT2D eigenvalue weighted by molar-refractivity contribution is 9.10. The molecule has 0 aliphatic carbocycles. The number of hydrogen-bond donors (Lipinski definition) is 1. The highest BCUT2D eigenvalue weighted by Crippen LogP contribution is 2.26. The fourth-order valence-electron chi connectivity index (χ4n) is 1.94. The summed E-state index contributed by atoms with van der Waals surface area (Å²) in [6.07, 6.45) is 1.08. The molecule has 0 saturated carbocycles. The minimum absolute atomic E-state index is 0.170. The van der Waals surface area contributed by atoms with Crippen molar-refractivity contribution in [3.05, 3.63) is 51.9 Å². The second-order valence-electron chi connectivity index (χ2n) is 4.81. The Hall–Kier alpha value is -1.46. The monoisotopic (exact) mass is 352 g/mol. The number of ether oxygens (including phenoxy) is 1. The molecule has 2 aromatic rings. The maximum Gasteiger partial charge on any atom is 0.219 e. The van der Waals surface area contributed by atoms with Crippen LogP contribution in [0.4, 0.5) is 4.39 Å². The molecule has 0 aliphatic rings. The summed E-state index contributed by atoms with van der Waals surface area (Å²) in [5, 5.41) is 3.32. The van der Waals surface area contributed by atoms with E-state index in [4.69, 9.17) is 4.74 Å². The van der Waals surface area contributed by atoms with E-state index in [-0.39, 0.29) is 5.75 Å². The van der Waals surface area contributed by atoms with Crippen LogP contribution in [-0.4, -0.2) is 11.5 Å². The average Bonchev–Trinajstić information content (AvgIpc) is 2.42. The van der Waals surface area contributed by atoms with Crippen LogP contribution >= 0.6 is 15.9 Å². The van der Waals surface area contributed by atoms with Crippen LogP contribution in [0, 0.1) is 12.7 Å². The SMILES string of the molecule is CCCNCc1cc(C)nc(Oc2ccc(Br)cc2F)c1. The summed E-state index contributed by atoms with van der Waals surface area (Å²) in [7, 11) is 0. The van der Waals surface area contributed by atoms with E-state index >= 15 is 0 Å². The minimum Gasteiger partial charge on any atom is -0.436 e. The van der Waals surface area contributed by atoms with Gasteiger partial charge in [-0.1, -0.05) is 22.9 Å². The molecule has 1 aromatic heterocycles. The molecule has 1 heterocycles. The number of hydrogen-bond acceptors (Lipinski definition) is 3. The van der Waals surface area contributed by atoms with Crippen LogP contribution in [0.25, 0.3) is 0 Å². The van der Waals surface area contributed by atoms with Crippen molar-refractivity contribution in [2.75, 3.05) is 6.54 Å². The van der Waals surface area contributed by atoms with Crippen molar-refractivity contribution in [2.45, 2.75) is 26.8 Å². The molecule has 0 fully saturated rings.